The number of halogens is 1. The van der Waals surface area contributed by atoms with Crippen LogP contribution in [-0.2, 0) is 6.54 Å². The predicted molar refractivity (Wildman–Crippen MR) is 64.4 cm³/mol. The van der Waals surface area contributed by atoms with E-state index in [1.54, 1.807) is 6.07 Å². The molecule has 0 aliphatic carbocycles. The average molecular weight is 272 g/mol. The van der Waals surface area contributed by atoms with E-state index in [-0.39, 0.29) is 11.0 Å². The minimum absolute atomic E-state index is 0.188. The van der Waals surface area contributed by atoms with Gasteiger partial charge in [0.2, 0.25) is 5.28 Å². The summed E-state index contributed by atoms with van der Waals surface area (Å²) in [6.07, 6.45) is 0. The maximum absolute atomic E-state index is 11.4. The van der Waals surface area contributed by atoms with Gasteiger partial charge in [-0.15, -0.1) is 5.10 Å². The third kappa shape index (κ3) is 2.67. The van der Waals surface area contributed by atoms with Gasteiger partial charge in [0, 0.05) is 12.2 Å². The zero-order valence-corrected chi connectivity index (χ0v) is 10.8. The second-order valence-electron chi connectivity index (χ2n) is 3.27. The summed E-state index contributed by atoms with van der Waals surface area (Å²) in [6.45, 7) is 4.25. The van der Waals surface area contributed by atoms with Gasteiger partial charge in [-0.3, -0.25) is 4.57 Å². The molecule has 0 amide bonds. The van der Waals surface area contributed by atoms with Crippen molar-refractivity contribution < 1.29 is 0 Å². The first kappa shape index (κ1) is 12.1. The Morgan fingerprint density at radius 1 is 1.53 bits per heavy atom. The molecule has 0 aliphatic heterocycles. The topological polar surface area (TPSA) is 76.5 Å². The Morgan fingerprint density at radius 3 is 2.94 bits per heavy atom. The van der Waals surface area contributed by atoms with Gasteiger partial charge in [-0.2, -0.15) is 0 Å². The van der Waals surface area contributed by atoms with Crippen molar-refractivity contribution >= 4 is 23.4 Å². The van der Waals surface area contributed by atoms with E-state index in [1.807, 2.05) is 13.8 Å². The van der Waals surface area contributed by atoms with Crippen LogP contribution in [0, 0.1) is 6.92 Å². The molecule has 0 spiro atoms. The molecule has 1 N–H and O–H groups in total. The van der Waals surface area contributed by atoms with Gasteiger partial charge in [-0.25, -0.2) is 19.9 Å². The third-order valence-electron chi connectivity index (χ3n) is 2.04. The Bertz CT molecular complexity index is 573. The number of H-pyrrole nitrogens is 1. The molecule has 2 aromatic heterocycles. The number of nitrogens with zero attached hydrogens (tertiary/aromatic N) is 4. The molecule has 0 radical (unpaired) electrons. The fraction of sp³-hybridized carbons (Fsp3) is 0.333. The largest absolute Gasteiger partial charge is 0.343 e. The van der Waals surface area contributed by atoms with Crippen LogP contribution in [0.3, 0.4) is 0 Å². The summed E-state index contributed by atoms with van der Waals surface area (Å²) in [5.41, 5.74) is 0.542. The Morgan fingerprint density at radius 2 is 2.29 bits per heavy atom. The van der Waals surface area contributed by atoms with Crippen LogP contribution in [0.5, 0.6) is 0 Å². The van der Waals surface area contributed by atoms with Crippen molar-refractivity contribution in [3.05, 3.63) is 27.5 Å². The Kier molecular flexibility index (Phi) is 3.49. The van der Waals surface area contributed by atoms with Gasteiger partial charge in [-0.05, 0) is 43.3 Å². The number of aryl methyl sites for hydroxylation is 1. The SMILES string of the molecule is CCn1c(Sc2cc(C)nc(Cl)n2)n[nH]c1=O. The number of aromatic nitrogens is 5. The van der Waals surface area contributed by atoms with E-state index >= 15 is 0 Å². The zero-order chi connectivity index (χ0) is 12.4. The van der Waals surface area contributed by atoms with Crippen molar-refractivity contribution in [2.45, 2.75) is 30.6 Å². The van der Waals surface area contributed by atoms with Crippen molar-refractivity contribution in [1.82, 2.24) is 24.7 Å². The summed E-state index contributed by atoms with van der Waals surface area (Å²) in [4.78, 5) is 19.4. The van der Waals surface area contributed by atoms with E-state index in [9.17, 15) is 4.79 Å². The molecule has 0 atom stereocenters. The molecule has 90 valence electrons. The first-order chi connectivity index (χ1) is 8.10. The van der Waals surface area contributed by atoms with E-state index < -0.39 is 0 Å². The zero-order valence-electron chi connectivity index (χ0n) is 9.27. The molecule has 0 fully saturated rings. The number of hydrogen-bond donors (Lipinski definition) is 1. The molecule has 0 saturated carbocycles. The molecular weight excluding hydrogens is 262 g/mol. The minimum Gasteiger partial charge on any atom is -0.270 e. The van der Waals surface area contributed by atoms with Crippen LogP contribution in [-0.4, -0.2) is 24.7 Å². The molecule has 0 bridgehead atoms. The molecule has 2 heterocycles. The van der Waals surface area contributed by atoms with Crippen LogP contribution < -0.4 is 5.69 Å². The second-order valence-corrected chi connectivity index (χ2v) is 4.60. The monoisotopic (exact) mass is 271 g/mol. The van der Waals surface area contributed by atoms with Crippen LogP contribution >= 0.6 is 23.4 Å². The van der Waals surface area contributed by atoms with E-state index in [0.717, 1.165) is 5.69 Å². The fourth-order valence-electron chi connectivity index (χ4n) is 1.31. The van der Waals surface area contributed by atoms with Gasteiger partial charge in [-0.1, -0.05) is 0 Å². The van der Waals surface area contributed by atoms with Crippen LogP contribution in [0.15, 0.2) is 21.0 Å². The van der Waals surface area contributed by atoms with E-state index in [1.165, 1.54) is 16.3 Å². The average Bonchev–Trinajstić information content (AvgIpc) is 2.57. The van der Waals surface area contributed by atoms with Crippen molar-refractivity contribution in [2.24, 2.45) is 0 Å². The maximum Gasteiger partial charge on any atom is 0.343 e. The summed E-state index contributed by atoms with van der Waals surface area (Å²) in [5, 5.41) is 7.74. The highest BCUT2D eigenvalue weighted by atomic mass is 35.5. The Labute approximate surface area is 106 Å². The number of nitrogens with one attached hydrogen (secondary N) is 1. The fourth-order valence-corrected chi connectivity index (χ4v) is 2.55. The lowest BCUT2D eigenvalue weighted by Crippen LogP contribution is -2.16. The lowest BCUT2D eigenvalue weighted by Gasteiger charge is -2.02. The predicted octanol–water partition coefficient (Wildman–Crippen LogP) is 1.49. The molecule has 0 aromatic carbocycles. The highest BCUT2D eigenvalue weighted by molar-refractivity contribution is 7.99. The van der Waals surface area contributed by atoms with Crippen LogP contribution in [0.2, 0.25) is 5.28 Å². The molecule has 2 rings (SSSR count). The lowest BCUT2D eigenvalue weighted by molar-refractivity contribution is 0.660. The van der Waals surface area contributed by atoms with Gasteiger partial charge in [0.05, 0.1) is 0 Å². The third-order valence-corrected chi connectivity index (χ3v) is 3.12. The van der Waals surface area contributed by atoms with Crippen LogP contribution in [0.1, 0.15) is 12.6 Å². The van der Waals surface area contributed by atoms with Crippen LogP contribution in [0.4, 0.5) is 0 Å². The van der Waals surface area contributed by atoms with Gasteiger partial charge in [0.25, 0.3) is 0 Å². The molecule has 0 saturated heterocycles. The first-order valence-electron chi connectivity index (χ1n) is 4.94. The highest BCUT2D eigenvalue weighted by Crippen LogP contribution is 2.24. The summed E-state index contributed by atoms with van der Waals surface area (Å²) in [6, 6.07) is 1.79. The van der Waals surface area contributed by atoms with Crippen molar-refractivity contribution in [3.8, 4) is 0 Å². The number of hydrogen-bond acceptors (Lipinski definition) is 5. The molecule has 8 heteroatoms. The quantitative estimate of drug-likeness (QED) is 0.676. The Balaban J connectivity index is 2.34. The van der Waals surface area contributed by atoms with E-state index in [0.29, 0.717) is 16.7 Å². The summed E-state index contributed by atoms with van der Waals surface area (Å²) in [5.74, 6) is 0. The molecular formula is C9H10ClN5OS. The molecule has 0 unspecified atom stereocenters. The Hall–Kier alpha value is -1.34. The molecule has 0 aliphatic rings. The van der Waals surface area contributed by atoms with Gasteiger partial charge < -0.3 is 0 Å². The van der Waals surface area contributed by atoms with Crippen molar-refractivity contribution in [1.29, 1.82) is 0 Å². The van der Waals surface area contributed by atoms with E-state index in [4.69, 9.17) is 11.6 Å². The summed E-state index contributed by atoms with van der Waals surface area (Å²) >= 11 is 7.04. The van der Waals surface area contributed by atoms with Gasteiger partial charge in [0.15, 0.2) is 5.16 Å². The normalized spacial score (nSPS) is 10.8. The molecule has 2 aromatic rings. The van der Waals surface area contributed by atoms with Gasteiger partial charge >= 0.3 is 5.69 Å². The smallest absolute Gasteiger partial charge is 0.270 e. The summed E-state index contributed by atoms with van der Waals surface area (Å²) in [7, 11) is 0. The van der Waals surface area contributed by atoms with Crippen molar-refractivity contribution in [3.63, 3.8) is 0 Å². The number of rotatable bonds is 3. The lowest BCUT2D eigenvalue weighted by atomic mass is 10.5. The number of aromatic amines is 1. The molecule has 6 nitrogen and oxygen atoms in total. The molecule has 17 heavy (non-hydrogen) atoms. The highest BCUT2D eigenvalue weighted by Gasteiger charge is 2.10. The minimum atomic E-state index is -0.230. The second kappa shape index (κ2) is 4.89. The summed E-state index contributed by atoms with van der Waals surface area (Å²) < 4.78 is 1.52. The van der Waals surface area contributed by atoms with Crippen molar-refractivity contribution in [2.75, 3.05) is 0 Å². The first-order valence-corrected chi connectivity index (χ1v) is 6.14. The van der Waals surface area contributed by atoms with E-state index in [2.05, 4.69) is 20.2 Å². The maximum atomic E-state index is 11.4. The van der Waals surface area contributed by atoms with Gasteiger partial charge in [0.1, 0.15) is 5.03 Å². The standard InChI is InChI=1S/C9H10ClN5OS/c1-3-15-8(16)13-14-9(15)17-6-4-5(2)11-7(10)12-6/h4H,3H2,1-2H3,(H,13,16). The van der Waals surface area contributed by atoms with Crippen LogP contribution in [0.25, 0.3) is 0 Å².